The summed E-state index contributed by atoms with van der Waals surface area (Å²) in [4.78, 5) is 2.54. The third kappa shape index (κ3) is 4.20. The van der Waals surface area contributed by atoms with E-state index < -0.39 is 0 Å². The molecule has 0 amide bonds. The summed E-state index contributed by atoms with van der Waals surface area (Å²) in [6.45, 7) is 9.91. The van der Waals surface area contributed by atoms with E-state index >= 15 is 0 Å². The Morgan fingerprint density at radius 2 is 2.00 bits per heavy atom. The van der Waals surface area contributed by atoms with Crippen LogP contribution in [0.4, 0.5) is 0 Å². The van der Waals surface area contributed by atoms with Crippen molar-refractivity contribution in [2.45, 2.75) is 52.2 Å². The van der Waals surface area contributed by atoms with Crippen molar-refractivity contribution in [2.24, 2.45) is 0 Å². The summed E-state index contributed by atoms with van der Waals surface area (Å²) in [5.41, 5.74) is 2.56. The zero-order valence-electron chi connectivity index (χ0n) is 12.5. The van der Waals surface area contributed by atoms with Crippen LogP contribution in [0, 0.1) is 6.92 Å². The van der Waals surface area contributed by atoms with Gasteiger partial charge in [-0.1, -0.05) is 0 Å². The Balaban J connectivity index is 0.00000180. The van der Waals surface area contributed by atoms with Gasteiger partial charge in [-0.05, 0) is 53.8 Å². The fourth-order valence-corrected chi connectivity index (χ4v) is 2.56. The molecule has 0 spiro atoms. The van der Waals surface area contributed by atoms with Crippen LogP contribution in [0.15, 0.2) is 6.20 Å². The lowest BCUT2D eigenvalue weighted by Gasteiger charge is -2.31. The lowest BCUT2D eigenvalue weighted by Crippen LogP contribution is -2.40. The summed E-state index contributed by atoms with van der Waals surface area (Å²) >= 11 is 0. The Kier molecular flexibility index (Phi) is 6.30. The molecule has 1 aromatic rings. The molecule has 2 rings (SSSR count). The highest BCUT2D eigenvalue weighted by Gasteiger charge is 2.19. The fraction of sp³-hybridized carbons (Fsp3) is 0.786. The first-order valence-corrected chi connectivity index (χ1v) is 7.04. The third-order valence-corrected chi connectivity index (χ3v) is 3.94. The van der Waals surface area contributed by atoms with Gasteiger partial charge in [0.2, 0.25) is 0 Å². The number of aryl methyl sites for hydroxylation is 1. The van der Waals surface area contributed by atoms with Gasteiger partial charge < -0.3 is 5.32 Å². The predicted octanol–water partition coefficient (Wildman–Crippen LogP) is 2.38. The van der Waals surface area contributed by atoms with Crippen molar-refractivity contribution in [3.63, 3.8) is 0 Å². The molecule has 0 unspecified atom stereocenters. The summed E-state index contributed by atoms with van der Waals surface area (Å²) in [7, 11) is 2.07. The second-order valence-electron chi connectivity index (χ2n) is 5.65. The molecule has 1 aromatic heterocycles. The Hall–Kier alpha value is -0.580. The first kappa shape index (κ1) is 16.5. The summed E-state index contributed by atoms with van der Waals surface area (Å²) in [5, 5.41) is 7.96. The molecule has 19 heavy (non-hydrogen) atoms. The van der Waals surface area contributed by atoms with Crippen LogP contribution in [0.1, 0.15) is 44.0 Å². The van der Waals surface area contributed by atoms with Gasteiger partial charge in [-0.15, -0.1) is 12.4 Å². The van der Waals surface area contributed by atoms with E-state index in [4.69, 9.17) is 0 Å². The number of likely N-dealkylation sites (tertiary alicyclic amines) is 1. The minimum atomic E-state index is 0. The lowest BCUT2D eigenvalue weighted by atomic mass is 10.0. The number of piperidine rings is 1. The number of hydrogen-bond acceptors (Lipinski definition) is 3. The maximum Gasteiger partial charge on any atom is 0.0638 e. The van der Waals surface area contributed by atoms with Crippen LogP contribution in [0.2, 0.25) is 0 Å². The number of aromatic nitrogens is 2. The van der Waals surface area contributed by atoms with Crippen LogP contribution in [-0.4, -0.2) is 40.9 Å². The monoisotopic (exact) mass is 286 g/mol. The molecule has 0 bridgehead atoms. The van der Waals surface area contributed by atoms with Crippen LogP contribution >= 0.6 is 12.4 Å². The van der Waals surface area contributed by atoms with Gasteiger partial charge in [0, 0.05) is 30.4 Å². The molecule has 1 aliphatic heterocycles. The molecule has 1 fully saturated rings. The van der Waals surface area contributed by atoms with Crippen molar-refractivity contribution in [2.75, 3.05) is 20.1 Å². The van der Waals surface area contributed by atoms with E-state index in [1.54, 1.807) is 0 Å². The Morgan fingerprint density at radius 3 is 2.47 bits per heavy atom. The van der Waals surface area contributed by atoms with Crippen molar-refractivity contribution >= 4 is 12.4 Å². The minimum absolute atomic E-state index is 0. The van der Waals surface area contributed by atoms with Crippen LogP contribution in [-0.2, 0) is 6.54 Å². The molecule has 4 nitrogen and oxygen atoms in total. The van der Waals surface area contributed by atoms with E-state index in [2.05, 4.69) is 54.0 Å². The van der Waals surface area contributed by atoms with E-state index in [0.717, 1.165) is 6.54 Å². The standard InChI is InChI=1S/C14H26N4.ClH/c1-11(2)18-10-13(12(3)16-18)9-17-7-5-14(15-4)6-8-17;/h10-11,14-15H,5-9H2,1-4H3;1H. The highest BCUT2D eigenvalue weighted by Crippen LogP contribution is 2.16. The second kappa shape index (κ2) is 7.27. The second-order valence-corrected chi connectivity index (χ2v) is 5.65. The molecule has 0 aliphatic carbocycles. The van der Waals surface area contributed by atoms with Gasteiger partial charge >= 0.3 is 0 Å². The zero-order valence-corrected chi connectivity index (χ0v) is 13.3. The van der Waals surface area contributed by atoms with Crippen LogP contribution in [0.5, 0.6) is 0 Å². The molecule has 2 heterocycles. The van der Waals surface area contributed by atoms with Gasteiger partial charge in [-0.3, -0.25) is 9.58 Å². The molecule has 0 aromatic carbocycles. The van der Waals surface area contributed by atoms with E-state index in [1.807, 2.05) is 0 Å². The summed E-state index contributed by atoms with van der Waals surface area (Å²) in [5.74, 6) is 0. The average Bonchev–Trinajstić information content (AvgIpc) is 2.72. The fourth-order valence-electron chi connectivity index (χ4n) is 2.56. The molecule has 0 saturated carbocycles. The van der Waals surface area contributed by atoms with Gasteiger partial charge in [0.05, 0.1) is 5.69 Å². The van der Waals surface area contributed by atoms with E-state index in [0.29, 0.717) is 12.1 Å². The molecule has 1 aliphatic rings. The summed E-state index contributed by atoms with van der Waals surface area (Å²) < 4.78 is 2.07. The van der Waals surface area contributed by atoms with Gasteiger partial charge in [0.15, 0.2) is 0 Å². The van der Waals surface area contributed by atoms with E-state index in [9.17, 15) is 0 Å². The smallest absolute Gasteiger partial charge is 0.0638 e. The number of rotatable bonds is 4. The molecule has 1 saturated heterocycles. The van der Waals surface area contributed by atoms with E-state index in [1.165, 1.54) is 37.2 Å². The molecule has 0 atom stereocenters. The average molecular weight is 287 g/mol. The largest absolute Gasteiger partial charge is 0.317 e. The van der Waals surface area contributed by atoms with Crippen LogP contribution < -0.4 is 5.32 Å². The zero-order chi connectivity index (χ0) is 13.1. The quantitative estimate of drug-likeness (QED) is 0.923. The van der Waals surface area contributed by atoms with Crippen molar-refractivity contribution in [1.82, 2.24) is 20.0 Å². The number of hydrogen-bond donors (Lipinski definition) is 1. The molecule has 0 radical (unpaired) electrons. The number of nitrogens with zero attached hydrogens (tertiary/aromatic N) is 3. The summed E-state index contributed by atoms with van der Waals surface area (Å²) in [6.07, 6.45) is 4.73. The normalized spacial score (nSPS) is 17.7. The maximum absolute atomic E-state index is 4.58. The first-order valence-electron chi connectivity index (χ1n) is 7.04. The topological polar surface area (TPSA) is 33.1 Å². The molecular formula is C14H27ClN4. The highest BCUT2D eigenvalue weighted by molar-refractivity contribution is 5.85. The van der Waals surface area contributed by atoms with Crippen molar-refractivity contribution in [3.05, 3.63) is 17.5 Å². The lowest BCUT2D eigenvalue weighted by molar-refractivity contribution is 0.194. The Labute approximate surface area is 123 Å². The molecular weight excluding hydrogens is 260 g/mol. The Morgan fingerprint density at radius 1 is 1.37 bits per heavy atom. The van der Waals surface area contributed by atoms with Gasteiger partial charge in [-0.25, -0.2) is 0 Å². The maximum atomic E-state index is 4.58. The van der Waals surface area contributed by atoms with E-state index in [-0.39, 0.29) is 12.4 Å². The van der Waals surface area contributed by atoms with Crippen molar-refractivity contribution in [1.29, 1.82) is 0 Å². The number of halogens is 1. The van der Waals surface area contributed by atoms with Crippen LogP contribution in [0.3, 0.4) is 0 Å². The first-order chi connectivity index (χ1) is 8.60. The third-order valence-electron chi connectivity index (χ3n) is 3.94. The highest BCUT2D eigenvalue weighted by atomic mass is 35.5. The SMILES string of the molecule is CNC1CCN(Cc2cn(C(C)C)nc2C)CC1.Cl. The Bertz CT molecular complexity index is 381. The summed E-state index contributed by atoms with van der Waals surface area (Å²) in [6, 6.07) is 1.16. The molecule has 1 N–H and O–H groups in total. The van der Waals surface area contributed by atoms with Gasteiger partial charge in [-0.2, -0.15) is 5.10 Å². The van der Waals surface area contributed by atoms with Gasteiger partial charge in [0.1, 0.15) is 0 Å². The number of nitrogens with one attached hydrogen (secondary N) is 1. The van der Waals surface area contributed by atoms with Crippen LogP contribution in [0.25, 0.3) is 0 Å². The van der Waals surface area contributed by atoms with Gasteiger partial charge in [0.25, 0.3) is 0 Å². The molecule has 5 heteroatoms. The van der Waals surface area contributed by atoms with Crippen molar-refractivity contribution in [3.8, 4) is 0 Å². The van der Waals surface area contributed by atoms with Crippen molar-refractivity contribution < 1.29 is 0 Å². The predicted molar refractivity (Wildman–Crippen MR) is 82.0 cm³/mol. The minimum Gasteiger partial charge on any atom is -0.317 e. The molecule has 110 valence electrons.